The van der Waals surface area contributed by atoms with E-state index in [2.05, 4.69) is 20.9 Å². The standard InChI is InChI=1S/C12H12BrFN2OS/c1-2-17-10-4-3-7(5-8(10)14)12-16-9(6-15)11(13)18-12/h3-5H,2,6,15H2,1H3. The fraction of sp³-hybridized carbons (Fsp3) is 0.250. The SMILES string of the molecule is CCOc1ccc(-c2nc(CN)c(Br)s2)cc1F. The highest BCUT2D eigenvalue weighted by Crippen LogP contribution is 2.33. The fourth-order valence-electron chi connectivity index (χ4n) is 1.49. The fourth-order valence-corrected chi connectivity index (χ4v) is 3.02. The van der Waals surface area contributed by atoms with Crippen LogP contribution in [0, 0.1) is 5.82 Å². The molecule has 0 spiro atoms. The van der Waals surface area contributed by atoms with Crippen molar-refractivity contribution in [2.45, 2.75) is 13.5 Å². The topological polar surface area (TPSA) is 48.1 Å². The monoisotopic (exact) mass is 330 g/mol. The molecule has 0 fully saturated rings. The minimum absolute atomic E-state index is 0.260. The quantitative estimate of drug-likeness (QED) is 0.932. The number of benzene rings is 1. The van der Waals surface area contributed by atoms with Gasteiger partial charge in [-0.15, -0.1) is 11.3 Å². The van der Waals surface area contributed by atoms with Crippen LogP contribution in [0.3, 0.4) is 0 Å². The lowest BCUT2D eigenvalue weighted by Crippen LogP contribution is -1.97. The third-order valence-corrected chi connectivity index (χ3v) is 4.20. The van der Waals surface area contributed by atoms with Gasteiger partial charge in [-0.25, -0.2) is 9.37 Å². The summed E-state index contributed by atoms with van der Waals surface area (Å²) in [5.41, 5.74) is 7.06. The van der Waals surface area contributed by atoms with E-state index in [-0.39, 0.29) is 11.6 Å². The van der Waals surface area contributed by atoms with Crippen LogP contribution in [0.1, 0.15) is 12.6 Å². The summed E-state index contributed by atoms with van der Waals surface area (Å²) >= 11 is 4.83. The maximum Gasteiger partial charge on any atom is 0.165 e. The molecule has 1 aromatic carbocycles. The van der Waals surface area contributed by atoms with Gasteiger partial charge in [-0.05, 0) is 41.1 Å². The van der Waals surface area contributed by atoms with Crippen LogP contribution in [0.25, 0.3) is 10.6 Å². The van der Waals surface area contributed by atoms with Crippen molar-refractivity contribution in [1.82, 2.24) is 4.98 Å². The van der Waals surface area contributed by atoms with Crippen LogP contribution in [-0.4, -0.2) is 11.6 Å². The van der Waals surface area contributed by atoms with Crippen molar-refractivity contribution in [3.63, 3.8) is 0 Å². The number of halogens is 2. The van der Waals surface area contributed by atoms with Gasteiger partial charge in [-0.2, -0.15) is 0 Å². The van der Waals surface area contributed by atoms with E-state index in [1.807, 2.05) is 6.92 Å². The molecule has 0 unspecified atom stereocenters. The number of thiazole rings is 1. The van der Waals surface area contributed by atoms with Crippen LogP contribution in [0.2, 0.25) is 0 Å². The largest absolute Gasteiger partial charge is 0.491 e. The highest BCUT2D eigenvalue weighted by atomic mass is 79.9. The van der Waals surface area contributed by atoms with Gasteiger partial charge in [0.2, 0.25) is 0 Å². The first-order valence-corrected chi connectivity index (χ1v) is 7.04. The first-order valence-electron chi connectivity index (χ1n) is 5.43. The third kappa shape index (κ3) is 2.71. The lowest BCUT2D eigenvalue weighted by Gasteiger charge is -2.05. The second-order valence-electron chi connectivity index (χ2n) is 3.52. The highest BCUT2D eigenvalue weighted by molar-refractivity contribution is 9.11. The summed E-state index contributed by atoms with van der Waals surface area (Å²) in [7, 11) is 0. The second-order valence-corrected chi connectivity index (χ2v) is 5.84. The minimum atomic E-state index is -0.380. The number of hydrogen-bond acceptors (Lipinski definition) is 4. The molecule has 1 aromatic heterocycles. The molecule has 2 N–H and O–H groups in total. The van der Waals surface area contributed by atoms with Gasteiger partial charge in [-0.1, -0.05) is 0 Å². The van der Waals surface area contributed by atoms with E-state index in [0.29, 0.717) is 13.2 Å². The Bertz CT molecular complexity index is 559. The Morgan fingerprint density at radius 3 is 2.83 bits per heavy atom. The summed E-state index contributed by atoms with van der Waals surface area (Å²) in [6.07, 6.45) is 0. The number of hydrogen-bond donors (Lipinski definition) is 1. The molecule has 0 aliphatic carbocycles. The van der Waals surface area contributed by atoms with Crippen LogP contribution in [-0.2, 0) is 6.54 Å². The number of aromatic nitrogens is 1. The van der Waals surface area contributed by atoms with Crippen molar-refractivity contribution in [2.24, 2.45) is 5.73 Å². The molecule has 1 heterocycles. The number of nitrogens with zero attached hydrogens (tertiary/aromatic N) is 1. The second kappa shape index (κ2) is 5.77. The van der Waals surface area contributed by atoms with Crippen LogP contribution < -0.4 is 10.5 Å². The molecule has 3 nitrogen and oxygen atoms in total. The lowest BCUT2D eigenvalue weighted by atomic mass is 10.2. The van der Waals surface area contributed by atoms with Crippen LogP contribution >= 0.6 is 27.3 Å². The molecule has 0 aliphatic heterocycles. The molecule has 0 amide bonds. The minimum Gasteiger partial charge on any atom is -0.491 e. The Morgan fingerprint density at radius 1 is 1.50 bits per heavy atom. The average molecular weight is 331 g/mol. The summed E-state index contributed by atoms with van der Waals surface area (Å²) in [5.74, 6) is -0.120. The maximum atomic E-state index is 13.7. The van der Waals surface area contributed by atoms with Crippen LogP contribution in [0.5, 0.6) is 5.75 Å². The first-order chi connectivity index (χ1) is 8.65. The smallest absolute Gasteiger partial charge is 0.165 e. The Labute approximate surface area is 117 Å². The van der Waals surface area contributed by atoms with Gasteiger partial charge in [-0.3, -0.25) is 0 Å². The average Bonchev–Trinajstić information content (AvgIpc) is 2.73. The Morgan fingerprint density at radius 2 is 2.28 bits per heavy atom. The van der Waals surface area contributed by atoms with E-state index in [1.54, 1.807) is 12.1 Å². The molecule has 96 valence electrons. The summed E-state index contributed by atoms with van der Waals surface area (Å²) in [6.45, 7) is 2.62. The summed E-state index contributed by atoms with van der Waals surface area (Å²) in [4.78, 5) is 4.35. The Balaban J connectivity index is 2.35. The predicted molar refractivity (Wildman–Crippen MR) is 74.3 cm³/mol. The van der Waals surface area contributed by atoms with Crippen molar-refractivity contribution >= 4 is 27.3 Å². The van der Waals surface area contributed by atoms with Crippen molar-refractivity contribution in [2.75, 3.05) is 6.61 Å². The molecule has 6 heteroatoms. The third-order valence-electron chi connectivity index (χ3n) is 2.32. The molecule has 0 saturated carbocycles. The molecule has 2 rings (SSSR count). The van der Waals surface area contributed by atoms with Gasteiger partial charge >= 0.3 is 0 Å². The van der Waals surface area contributed by atoms with E-state index < -0.39 is 0 Å². The zero-order valence-electron chi connectivity index (χ0n) is 9.74. The van der Waals surface area contributed by atoms with Gasteiger partial charge in [0.15, 0.2) is 11.6 Å². The van der Waals surface area contributed by atoms with E-state index in [1.165, 1.54) is 17.4 Å². The maximum absolute atomic E-state index is 13.7. The molecule has 0 saturated heterocycles. The molecule has 0 atom stereocenters. The number of nitrogens with two attached hydrogens (primary N) is 1. The zero-order valence-corrected chi connectivity index (χ0v) is 12.1. The van der Waals surface area contributed by atoms with Crippen molar-refractivity contribution in [1.29, 1.82) is 0 Å². The Hall–Kier alpha value is -0.980. The Kier molecular flexibility index (Phi) is 4.31. The van der Waals surface area contributed by atoms with Gasteiger partial charge in [0.05, 0.1) is 16.1 Å². The molecular weight excluding hydrogens is 319 g/mol. The van der Waals surface area contributed by atoms with Crippen molar-refractivity contribution in [3.8, 4) is 16.3 Å². The molecule has 0 radical (unpaired) electrons. The molecule has 0 aliphatic rings. The number of rotatable bonds is 4. The van der Waals surface area contributed by atoms with E-state index >= 15 is 0 Å². The van der Waals surface area contributed by atoms with Crippen LogP contribution in [0.4, 0.5) is 4.39 Å². The predicted octanol–water partition coefficient (Wildman–Crippen LogP) is 3.57. The van der Waals surface area contributed by atoms with E-state index in [4.69, 9.17) is 10.5 Å². The van der Waals surface area contributed by atoms with Gasteiger partial charge in [0.25, 0.3) is 0 Å². The molecule has 0 bridgehead atoms. The summed E-state index contributed by atoms with van der Waals surface area (Å²) in [5, 5.41) is 0.740. The zero-order chi connectivity index (χ0) is 13.1. The van der Waals surface area contributed by atoms with E-state index in [9.17, 15) is 4.39 Å². The summed E-state index contributed by atoms with van der Waals surface area (Å²) < 4.78 is 19.8. The van der Waals surface area contributed by atoms with Gasteiger partial charge in [0, 0.05) is 12.1 Å². The van der Waals surface area contributed by atoms with Crippen molar-refractivity contribution < 1.29 is 9.13 Å². The molecular formula is C12H12BrFN2OS. The lowest BCUT2D eigenvalue weighted by molar-refractivity contribution is 0.321. The molecule has 2 aromatic rings. The van der Waals surface area contributed by atoms with E-state index in [0.717, 1.165) is 20.1 Å². The van der Waals surface area contributed by atoms with Gasteiger partial charge in [0.1, 0.15) is 5.01 Å². The first kappa shape index (κ1) is 13.5. The van der Waals surface area contributed by atoms with Gasteiger partial charge < -0.3 is 10.5 Å². The number of ether oxygens (including phenoxy) is 1. The van der Waals surface area contributed by atoms with Crippen LogP contribution in [0.15, 0.2) is 22.0 Å². The highest BCUT2D eigenvalue weighted by Gasteiger charge is 2.11. The van der Waals surface area contributed by atoms with Crippen molar-refractivity contribution in [3.05, 3.63) is 33.5 Å². The summed E-state index contributed by atoms with van der Waals surface area (Å²) in [6, 6.07) is 4.84. The molecule has 18 heavy (non-hydrogen) atoms. The normalized spacial score (nSPS) is 10.7.